The molecule has 1 aromatic rings. The quantitative estimate of drug-likeness (QED) is 0.802. The lowest BCUT2D eigenvalue weighted by Gasteiger charge is -2.26. The monoisotopic (exact) mass is 264 g/mol. The van der Waals surface area contributed by atoms with Crippen LogP contribution in [0.2, 0.25) is 0 Å². The normalized spacial score (nSPS) is 19.9. The average molecular weight is 264 g/mol. The Bertz CT molecular complexity index is 427. The van der Waals surface area contributed by atoms with E-state index in [0.29, 0.717) is 12.6 Å². The van der Waals surface area contributed by atoms with Crippen LogP contribution in [0, 0.1) is 0 Å². The molecule has 0 saturated carbocycles. The van der Waals surface area contributed by atoms with Gasteiger partial charge in [-0.3, -0.25) is 10.1 Å². The van der Waals surface area contributed by atoms with Crippen molar-refractivity contribution in [3.63, 3.8) is 0 Å². The summed E-state index contributed by atoms with van der Waals surface area (Å²) in [6, 6.07) is 2.34. The summed E-state index contributed by atoms with van der Waals surface area (Å²) < 4.78 is 0. The number of nitrogens with one attached hydrogen (secondary N) is 2. The second-order valence-corrected chi connectivity index (χ2v) is 5.67. The first-order valence-electron chi connectivity index (χ1n) is 6.43. The predicted molar refractivity (Wildman–Crippen MR) is 75.8 cm³/mol. The van der Waals surface area contributed by atoms with Crippen LogP contribution in [0.25, 0.3) is 0 Å². The van der Waals surface area contributed by atoms with E-state index in [1.165, 1.54) is 23.3 Å². The van der Waals surface area contributed by atoms with Gasteiger partial charge in [0.25, 0.3) is 0 Å². The van der Waals surface area contributed by atoms with E-state index in [9.17, 15) is 4.79 Å². The van der Waals surface area contributed by atoms with Crippen molar-refractivity contribution in [3.8, 4) is 0 Å². The second-order valence-electron chi connectivity index (χ2n) is 4.67. The third-order valence-corrected chi connectivity index (χ3v) is 4.31. The molecule has 0 aromatic carbocycles. The molecule has 0 radical (unpaired) electrons. The Hall–Kier alpha value is -1.13. The molecule has 0 spiro atoms. The minimum atomic E-state index is -0.166. The molecule has 0 aliphatic heterocycles. The van der Waals surface area contributed by atoms with E-state index in [2.05, 4.69) is 28.7 Å². The van der Waals surface area contributed by atoms with E-state index in [1.54, 1.807) is 6.08 Å². The molecule has 98 valence electrons. The SMILES string of the molecule is C=CCNC(=O)C(C)NC1CCCc2sccc21. The van der Waals surface area contributed by atoms with Crippen LogP contribution < -0.4 is 10.6 Å². The Labute approximate surface area is 112 Å². The van der Waals surface area contributed by atoms with Crippen LogP contribution in [0.4, 0.5) is 0 Å². The molecule has 4 heteroatoms. The van der Waals surface area contributed by atoms with Crippen LogP contribution in [0.3, 0.4) is 0 Å². The zero-order valence-corrected chi connectivity index (χ0v) is 11.6. The lowest BCUT2D eigenvalue weighted by molar-refractivity contribution is -0.122. The Balaban J connectivity index is 1.94. The van der Waals surface area contributed by atoms with Gasteiger partial charge in [-0.1, -0.05) is 6.08 Å². The summed E-state index contributed by atoms with van der Waals surface area (Å²) >= 11 is 1.82. The number of hydrogen-bond donors (Lipinski definition) is 2. The van der Waals surface area contributed by atoms with Gasteiger partial charge in [-0.15, -0.1) is 17.9 Å². The van der Waals surface area contributed by atoms with Crippen LogP contribution >= 0.6 is 11.3 Å². The van der Waals surface area contributed by atoms with Crippen molar-refractivity contribution in [3.05, 3.63) is 34.5 Å². The third kappa shape index (κ3) is 3.00. The molecule has 0 saturated heterocycles. The largest absolute Gasteiger partial charge is 0.351 e. The fourth-order valence-electron chi connectivity index (χ4n) is 2.36. The molecule has 0 fully saturated rings. The average Bonchev–Trinajstić information content (AvgIpc) is 2.85. The summed E-state index contributed by atoms with van der Waals surface area (Å²) in [4.78, 5) is 13.3. The molecule has 2 N–H and O–H groups in total. The number of amides is 1. The summed E-state index contributed by atoms with van der Waals surface area (Å²) in [6.45, 7) is 6.04. The molecule has 1 aromatic heterocycles. The molecule has 1 aliphatic rings. The zero-order valence-electron chi connectivity index (χ0n) is 10.7. The van der Waals surface area contributed by atoms with Gasteiger partial charge in [0.2, 0.25) is 5.91 Å². The van der Waals surface area contributed by atoms with Crippen LogP contribution in [-0.4, -0.2) is 18.5 Å². The molecular weight excluding hydrogens is 244 g/mol. The van der Waals surface area contributed by atoms with Crippen LogP contribution in [0.1, 0.15) is 36.2 Å². The molecule has 0 bridgehead atoms. The van der Waals surface area contributed by atoms with Gasteiger partial charge in [-0.2, -0.15) is 0 Å². The number of rotatable bonds is 5. The number of hydrogen-bond acceptors (Lipinski definition) is 3. The highest BCUT2D eigenvalue weighted by molar-refractivity contribution is 7.10. The maximum atomic E-state index is 11.8. The molecule has 2 unspecified atom stereocenters. The summed E-state index contributed by atoms with van der Waals surface area (Å²) in [5.74, 6) is 0.0391. The van der Waals surface area contributed by atoms with Crippen LogP contribution in [0.15, 0.2) is 24.1 Å². The summed E-state index contributed by atoms with van der Waals surface area (Å²) in [7, 11) is 0. The topological polar surface area (TPSA) is 41.1 Å². The fraction of sp³-hybridized carbons (Fsp3) is 0.500. The Morgan fingerprint density at radius 2 is 2.56 bits per heavy atom. The number of carbonyl (C=O) groups is 1. The Kier molecular flexibility index (Phi) is 4.55. The number of thiophene rings is 1. The first-order valence-corrected chi connectivity index (χ1v) is 7.31. The Morgan fingerprint density at radius 1 is 1.72 bits per heavy atom. The van der Waals surface area contributed by atoms with Gasteiger partial charge in [0.1, 0.15) is 0 Å². The number of carbonyl (C=O) groups excluding carboxylic acids is 1. The van der Waals surface area contributed by atoms with Crippen LogP contribution in [-0.2, 0) is 11.2 Å². The highest BCUT2D eigenvalue weighted by atomic mass is 32.1. The van der Waals surface area contributed by atoms with Gasteiger partial charge < -0.3 is 5.32 Å². The molecule has 3 nitrogen and oxygen atoms in total. The highest BCUT2D eigenvalue weighted by Gasteiger charge is 2.24. The molecule has 2 rings (SSSR count). The zero-order chi connectivity index (χ0) is 13.0. The predicted octanol–water partition coefficient (Wildman–Crippen LogP) is 2.41. The van der Waals surface area contributed by atoms with E-state index in [0.717, 1.165) is 6.42 Å². The minimum absolute atomic E-state index is 0.0391. The van der Waals surface area contributed by atoms with Gasteiger partial charge in [0.15, 0.2) is 0 Å². The summed E-state index contributed by atoms with van der Waals surface area (Å²) in [5, 5.41) is 8.40. The lowest BCUT2D eigenvalue weighted by atomic mass is 9.93. The molecule has 1 heterocycles. The van der Waals surface area contributed by atoms with Crippen molar-refractivity contribution >= 4 is 17.2 Å². The van der Waals surface area contributed by atoms with E-state index in [-0.39, 0.29) is 11.9 Å². The maximum Gasteiger partial charge on any atom is 0.237 e. The first-order chi connectivity index (χ1) is 8.72. The lowest BCUT2D eigenvalue weighted by Crippen LogP contribution is -2.44. The van der Waals surface area contributed by atoms with Gasteiger partial charge >= 0.3 is 0 Å². The Morgan fingerprint density at radius 3 is 3.33 bits per heavy atom. The molecule has 2 atom stereocenters. The van der Waals surface area contributed by atoms with Gasteiger partial charge in [-0.25, -0.2) is 0 Å². The molecule has 18 heavy (non-hydrogen) atoms. The van der Waals surface area contributed by atoms with Crippen molar-refractivity contribution in [2.24, 2.45) is 0 Å². The standard InChI is InChI=1S/C14H20N2OS/c1-3-8-15-14(17)10(2)16-12-5-4-6-13-11(12)7-9-18-13/h3,7,9-10,12,16H,1,4-6,8H2,2H3,(H,15,17). The van der Waals surface area contributed by atoms with Crippen molar-refractivity contribution in [2.75, 3.05) is 6.54 Å². The second kappa shape index (κ2) is 6.16. The highest BCUT2D eigenvalue weighted by Crippen LogP contribution is 2.33. The summed E-state index contributed by atoms with van der Waals surface area (Å²) in [5.41, 5.74) is 1.38. The molecule has 1 amide bonds. The minimum Gasteiger partial charge on any atom is -0.351 e. The van der Waals surface area contributed by atoms with E-state index in [1.807, 2.05) is 18.3 Å². The molecular formula is C14H20N2OS. The third-order valence-electron chi connectivity index (χ3n) is 3.32. The van der Waals surface area contributed by atoms with E-state index in [4.69, 9.17) is 0 Å². The van der Waals surface area contributed by atoms with Crippen molar-refractivity contribution in [2.45, 2.75) is 38.3 Å². The van der Waals surface area contributed by atoms with Crippen LogP contribution in [0.5, 0.6) is 0 Å². The van der Waals surface area contributed by atoms with Crippen molar-refractivity contribution < 1.29 is 4.79 Å². The summed E-state index contributed by atoms with van der Waals surface area (Å²) in [6.07, 6.45) is 5.19. The van der Waals surface area contributed by atoms with Gasteiger partial charge in [-0.05, 0) is 43.2 Å². The number of aryl methyl sites for hydroxylation is 1. The van der Waals surface area contributed by atoms with Gasteiger partial charge in [0, 0.05) is 17.5 Å². The smallest absolute Gasteiger partial charge is 0.237 e. The number of fused-ring (bicyclic) bond motifs is 1. The van der Waals surface area contributed by atoms with Gasteiger partial charge in [0.05, 0.1) is 6.04 Å². The molecule has 1 aliphatic carbocycles. The van der Waals surface area contributed by atoms with Crippen molar-refractivity contribution in [1.29, 1.82) is 0 Å². The van der Waals surface area contributed by atoms with Crippen molar-refractivity contribution in [1.82, 2.24) is 10.6 Å². The fourth-order valence-corrected chi connectivity index (χ4v) is 3.35. The maximum absolute atomic E-state index is 11.8. The first kappa shape index (κ1) is 13.3. The van der Waals surface area contributed by atoms with E-state index < -0.39 is 0 Å². The van der Waals surface area contributed by atoms with E-state index >= 15 is 0 Å².